The minimum absolute atomic E-state index is 0.0267. The zero-order chi connectivity index (χ0) is 21.9. The zero-order valence-corrected chi connectivity index (χ0v) is 19.1. The highest BCUT2D eigenvalue weighted by molar-refractivity contribution is 5.84. The van der Waals surface area contributed by atoms with E-state index in [-0.39, 0.29) is 35.9 Å². The van der Waals surface area contributed by atoms with Gasteiger partial charge in [0, 0.05) is 18.8 Å². The number of unbranched alkanes of at least 4 members (excludes halogenated alkanes) is 4. The quantitative estimate of drug-likeness (QED) is 0.298. The molecule has 5 atom stereocenters. The Balaban J connectivity index is 2.40. The van der Waals surface area contributed by atoms with Gasteiger partial charge in [0.2, 0.25) is 0 Å². The number of hydrogen-bond donors (Lipinski definition) is 2. The summed E-state index contributed by atoms with van der Waals surface area (Å²) < 4.78 is 4.65. The van der Waals surface area contributed by atoms with Crippen LogP contribution >= 0.6 is 0 Å². The third-order valence-electron chi connectivity index (χ3n) is 6.69. The standard InChI is InChI=1S/C24H44O5/c1-5-6-15-24(3,28)16-11-13-19-20(25)17-21(26)23(19)18(2)12-9-7-8-10-14-22(27)29-4/h18-20,23,25,28H,5-17H2,1-4H3/t18?,19?,20?,23?,24-/m0/s1. The summed E-state index contributed by atoms with van der Waals surface area (Å²) in [4.78, 5) is 23.7. The number of ketones is 1. The molecule has 1 aliphatic carbocycles. The van der Waals surface area contributed by atoms with Crippen molar-refractivity contribution in [3.05, 3.63) is 0 Å². The van der Waals surface area contributed by atoms with Crippen molar-refractivity contribution in [1.29, 1.82) is 0 Å². The molecule has 1 saturated carbocycles. The molecule has 0 aromatic heterocycles. The summed E-state index contributed by atoms with van der Waals surface area (Å²) in [5.74, 6) is 0.296. The maximum atomic E-state index is 12.5. The number of Topliss-reactive ketones (excluding diaryl/α,β-unsaturated/α-hetero) is 1. The molecule has 5 nitrogen and oxygen atoms in total. The molecule has 0 aromatic rings. The second-order valence-electron chi connectivity index (χ2n) is 9.43. The first kappa shape index (κ1) is 26.1. The Labute approximate surface area is 177 Å². The van der Waals surface area contributed by atoms with E-state index >= 15 is 0 Å². The van der Waals surface area contributed by atoms with Gasteiger partial charge in [-0.3, -0.25) is 9.59 Å². The number of esters is 1. The molecule has 1 fully saturated rings. The zero-order valence-electron chi connectivity index (χ0n) is 19.1. The van der Waals surface area contributed by atoms with Gasteiger partial charge in [-0.1, -0.05) is 58.8 Å². The van der Waals surface area contributed by atoms with Crippen LogP contribution in [-0.2, 0) is 14.3 Å². The third kappa shape index (κ3) is 9.61. The van der Waals surface area contributed by atoms with E-state index < -0.39 is 11.7 Å². The topological polar surface area (TPSA) is 83.8 Å². The van der Waals surface area contributed by atoms with Crippen molar-refractivity contribution < 1.29 is 24.5 Å². The Hall–Kier alpha value is -0.940. The Morgan fingerprint density at radius 1 is 1.17 bits per heavy atom. The molecule has 0 bridgehead atoms. The Morgan fingerprint density at radius 3 is 2.48 bits per heavy atom. The lowest BCUT2D eigenvalue weighted by Gasteiger charge is -2.28. The minimum atomic E-state index is -0.644. The van der Waals surface area contributed by atoms with Crippen LogP contribution in [0.25, 0.3) is 0 Å². The van der Waals surface area contributed by atoms with E-state index in [4.69, 9.17) is 0 Å². The number of aliphatic hydroxyl groups is 2. The summed E-state index contributed by atoms with van der Waals surface area (Å²) in [6.07, 6.45) is 10.4. The molecule has 29 heavy (non-hydrogen) atoms. The molecular formula is C24H44O5. The minimum Gasteiger partial charge on any atom is -0.469 e. The van der Waals surface area contributed by atoms with E-state index in [1.165, 1.54) is 7.11 Å². The molecule has 0 amide bonds. The molecule has 1 rings (SSSR count). The lowest BCUT2D eigenvalue weighted by molar-refractivity contribution is -0.140. The number of ether oxygens (including phenoxy) is 1. The van der Waals surface area contributed by atoms with Crippen LogP contribution in [0.15, 0.2) is 0 Å². The SMILES string of the molecule is CCCC[C@](C)(O)CCCC1C(O)CC(=O)C1C(C)CCCCCCC(=O)OC. The van der Waals surface area contributed by atoms with Crippen LogP contribution in [-0.4, -0.2) is 40.8 Å². The van der Waals surface area contributed by atoms with E-state index in [2.05, 4.69) is 18.6 Å². The van der Waals surface area contributed by atoms with Gasteiger partial charge in [0.1, 0.15) is 5.78 Å². The highest BCUT2D eigenvalue weighted by Gasteiger charge is 2.43. The predicted molar refractivity (Wildman–Crippen MR) is 115 cm³/mol. The number of carbonyl (C=O) groups excluding carboxylic acids is 2. The Kier molecular flexibility index (Phi) is 12.0. The second-order valence-corrected chi connectivity index (χ2v) is 9.43. The molecule has 0 aromatic carbocycles. The molecular weight excluding hydrogens is 368 g/mol. The molecule has 5 heteroatoms. The van der Waals surface area contributed by atoms with Crippen molar-refractivity contribution in [3.63, 3.8) is 0 Å². The van der Waals surface area contributed by atoms with Gasteiger partial charge in [0.05, 0.1) is 18.8 Å². The smallest absolute Gasteiger partial charge is 0.305 e. The van der Waals surface area contributed by atoms with Crippen molar-refractivity contribution in [2.75, 3.05) is 7.11 Å². The highest BCUT2D eigenvalue weighted by atomic mass is 16.5. The monoisotopic (exact) mass is 412 g/mol. The van der Waals surface area contributed by atoms with Crippen LogP contribution in [0.1, 0.15) is 104 Å². The van der Waals surface area contributed by atoms with E-state index in [1.54, 1.807) is 0 Å². The molecule has 0 heterocycles. The van der Waals surface area contributed by atoms with Gasteiger partial charge in [-0.25, -0.2) is 0 Å². The van der Waals surface area contributed by atoms with Crippen LogP contribution in [0.3, 0.4) is 0 Å². The van der Waals surface area contributed by atoms with Crippen LogP contribution < -0.4 is 0 Å². The fraction of sp³-hybridized carbons (Fsp3) is 0.917. The fourth-order valence-corrected chi connectivity index (χ4v) is 4.85. The van der Waals surface area contributed by atoms with Gasteiger partial charge in [0.25, 0.3) is 0 Å². The number of methoxy groups -OCH3 is 1. The molecule has 0 aliphatic heterocycles. The fourth-order valence-electron chi connectivity index (χ4n) is 4.85. The van der Waals surface area contributed by atoms with E-state index in [1.807, 2.05) is 6.92 Å². The lowest BCUT2D eigenvalue weighted by Crippen LogP contribution is -2.28. The summed E-state index contributed by atoms with van der Waals surface area (Å²) in [5.41, 5.74) is -0.644. The first-order chi connectivity index (χ1) is 13.7. The van der Waals surface area contributed by atoms with Crippen molar-refractivity contribution in [2.24, 2.45) is 17.8 Å². The van der Waals surface area contributed by atoms with Crippen molar-refractivity contribution in [1.82, 2.24) is 0 Å². The van der Waals surface area contributed by atoms with Crippen LogP contribution in [0.2, 0.25) is 0 Å². The van der Waals surface area contributed by atoms with Gasteiger partial charge < -0.3 is 14.9 Å². The van der Waals surface area contributed by atoms with Crippen LogP contribution in [0.4, 0.5) is 0 Å². The summed E-state index contributed by atoms with van der Waals surface area (Å²) >= 11 is 0. The van der Waals surface area contributed by atoms with Crippen LogP contribution in [0.5, 0.6) is 0 Å². The van der Waals surface area contributed by atoms with E-state index in [9.17, 15) is 19.8 Å². The Morgan fingerprint density at radius 2 is 1.83 bits per heavy atom. The van der Waals surface area contributed by atoms with E-state index in [0.29, 0.717) is 6.42 Å². The number of carbonyl (C=O) groups is 2. The molecule has 1 aliphatic rings. The van der Waals surface area contributed by atoms with Gasteiger partial charge in [0.15, 0.2) is 0 Å². The third-order valence-corrected chi connectivity index (χ3v) is 6.69. The van der Waals surface area contributed by atoms with Crippen molar-refractivity contribution in [3.8, 4) is 0 Å². The van der Waals surface area contributed by atoms with Crippen LogP contribution in [0, 0.1) is 17.8 Å². The summed E-state index contributed by atoms with van der Waals surface area (Å²) in [6, 6.07) is 0. The number of hydrogen-bond acceptors (Lipinski definition) is 5. The Bertz CT molecular complexity index is 488. The maximum Gasteiger partial charge on any atom is 0.305 e. The average molecular weight is 413 g/mol. The largest absolute Gasteiger partial charge is 0.469 e. The first-order valence-corrected chi connectivity index (χ1v) is 11.7. The summed E-state index contributed by atoms with van der Waals surface area (Å²) in [6.45, 7) is 6.17. The summed E-state index contributed by atoms with van der Waals surface area (Å²) in [7, 11) is 1.42. The molecule has 4 unspecified atom stereocenters. The number of aliphatic hydroxyl groups excluding tert-OH is 1. The predicted octanol–water partition coefficient (Wildman–Crippen LogP) is 4.81. The van der Waals surface area contributed by atoms with Gasteiger partial charge in [-0.2, -0.15) is 0 Å². The van der Waals surface area contributed by atoms with E-state index in [0.717, 1.165) is 70.6 Å². The average Bonchev–Trinajstić information content (AvgIpc) is 2.95. The van der Waals surface area contributed by atoms with Crippen molar-refractivity contribution in [2.45, 2.75) is 116 Å². The molecule has 0 saturated heterocycles. The number of rotatable bonds is 15. The van der Waals surface area contributed by atoms with Gasteiger partial charge in [-0.15, -0.1) is 0 Å². The lowest BCUT2D eigenvalue weighted by atomic mass is 9.78. The first-order valence-electron chi connectivity index (χ1n) is 11.7. The van der Waals surface area contributed by atoms with Gasteiger partial charge in [-0.05, 0) is 44.4 Å². The molecule has 0 radical (unpaired) electrons. The molecule has 170 valence electrons. The maximum absolute atomic E-state index is 12.5. The molecule has 2 N–H and O–H groups in total. The second kappa shape index (κ2) is 13.4. The summed E-state index contributed by atoms with van der Waals surface area (Å²) in [5, 5.41) is 20.9. The molecule has 0 spiro atoms. The van der Waals surface area contributed by atoms with Gasteiger partial charge >= 0.3 is 5.97 Å². The highest BCUT2D eigenvalue weighted by Crippen LogP contribution is 2.40. The normalized spacial score (nSPS) is 25.0. The van der Waals surface area contributed by atoms with Crippen molar-refractivity contribution >= 4 is 11.8 Å².